The summed E-state index contributed by atoms with van der Waals surface area (Å²) in [4.78, 5) is 25.4. The van der Waals surface area contributed by atoms with Crippen LogP contribution < -0.4 is 10.1 Å². The Labute approximate surface area is 140 Å². The van der Waals surface area contributed by atoms with Gasteiger partial charge in [-0.25, -0.2) is 4.39 Å². The van der Waals surface area contributed by atoms with Crippen LogP contribution in [0, 0.1) is 5.82 Å². The topological polar surface area (TPSA) is 58.6 Å². The lowest BCUT2D eigenvalue weighted by Gasteiger charge is -2.17. The number of anilines is 1. The molecule has 0 aliphatic rings. The number of rotatable bonds is 6. The average molecular weight is 330 g/mol. The zero-order chi connectivity index (χ0) is 17.5. The normalized spacial score (nSPS) is 10.1. The predicted octanol–water partition coefficient (Wildman–Crippen LogP) is 2.47. The number of amides is 2. The lowest BCUT2D eigenvalue weighted by molar-refractivity contribution is -0.132. The Morgan fingerprint density at radius 3 is 2.50 bits per heavy atom. The number of ether oxygens (including phenoxy) is 1. The van der Waals surface area contributed by atoms with Crippen molar-refractivity contribution in [2.24, 2.45) is 0 Å². The molecule has 2 aromatic rings. The quantitative estimate of drug-likeness (QED) is 0.885. The summed E-state index contributed by atoms with van der Waals surface area (Å²) in [6.07, 6.45) is 0.188. The van der Waals surface area contributed by atoms with Crippen molar-refractivity contribution < 1.29 is 18.7 Å². The van der Waals surface area contributed by atoms with E-state index in [1.165, 1.54) is 23.1 Å². The first-order valence-corrected chi connectivity index (χ1v) is 7.40. The van der Waals surface area contributed by atoms with E-state index in [2.05, 4.69) is 5.32 Å². The summed E-state index contributed by atoms with van der Waals surface area (Å²) >= 11 is 0. The lowest BCUT2D eigenvalue weighted by atomic mass is 10.1. The first-order chi connectivity index (χ1) is 11.5. The van der Waals surface area contributed by atoms with Crippen LogP contribution in [0.15, 0.2) is 48.5 Å². The van der Waals surface area contributed by atoms with Gasteiger partial charge in [0.15, 0.2) is 0 Å². The zero-order valence-corrected chi connectivity index (χ0v) is 13.6. The molecule has 0 saturated carbocycles. The second-order valence-electron chi connectivity index (χ2n) is 5.33. The number of likely N-dealkylation sites (N-methyl/N-ethyl adjacent to an activating group) is 1. The van der Waals surface area contributed by atoms with Crippen molar-refractivity contribution in [1.29, 1.82) is 0 Å². The van der Waals surface area contributed by atoms with Gasteiger partial charge < -0.3 is 15.0 Å². The monoisotopic (exact) mass is 330 g/mol. The summed E-state index contributed by atoms with van der Waals surface area (Å²) in [7, 11) is 3.13. The third-order valence-corrected chi connectivity index (χ3v) is 3.43. The maximum atomic E-state index is 13.1. The molecule has 5 nitrogen and oxygen atoms in total. The second-order valence-corrected chi connectivity index (χ2v) is 5.33. The van der Waals surface area contributed by atoms with Gasteiger partial charge in [0.1, 0.15) is 11.6 Å². The SMILES string of the molecule is COc1ccc(CC(=O)N(C)CC(=O)Nc2cccc(F)c2)cc1. The highest BCUT2D eigenvalue weighted by molar-refractivity contribution is 5.94. The van der Waals surface area contributed by atoms with Crippen LogP contribution >= 0.6 is 0 Å². The largest absolute Gasteiger partial charge is 0.497 e. The Balaban J connectivity index is 1.87. The Kier molecular flexibility index (Phi) is 5.89. The smallest absolute Gasteiger partial charge is 0.243 e. The number of halogens is 1. The molecule has 2 aromatic carbocycles. The summed E-state index contributed by atoms with van der Waals surface area (Å²) in [6, 6.07) is 12.8. The molecule has 6 heteroatoms. The van der Waals surface area contributed by atoms with Crippen LogP contribution in [0.3, 0.4) is 0 Å². The molecule has 2 amide bonds. The molecule has 0 atom stereocenters. The first kappa shape index (κ1) is 17.5. The van der Waals surface area contributed by atoms with Crippen molar-refractivity contribution in [3.63, 3.8) is 0 Å². The zero-order valence-electron chi connectivity index (χ0n) is 13.6. The van der Waals surface area contributed by atoms with E-state index < -0.39 is 5.82 Å². The molecule has 0 fully saturated rings. The standard InChI is InChI=1S/C18H19FN2O3/c1-21(12-17(22)20-15-5-3-4-14(19)11-15)18(23)10-13-6-8-16(24-2)9-7-13/h3-9,11H,10,12H2,1-2H3,(H,20,22). The molecule has 0 aliphatic carbocycles. The molecule has 0 spiro atoms. The van der Waals surface area contributed by atoms with Gasteiger partial charge in [-0.2, -0.15) is 0 Å². The van der Waals surface area contributed by atoms with Gasteiger partial charge in [0.05, 0.1) is 20.1 Å². The minimum absolute atomic E-state index is 0.106. The number of benzene rings is 2. The van der Waals surface area contributed by atoms with Gasteiger partial charge in [-0.05, 0) is 35.9 Å². The van der Waals surface area contributed by atoms with E-state index in [1.807, 2.05) is 0 Å². The van der Waals surface area contributed by atoms with E-state index in [1.54, 1.807) is 44.5 Å². The van der Waals surface area contributed by atoms with Crippen LogP contribution in [0.1, 0.15) is 5.56 Å². The highest BCUT2D eigenvalue weighted by Crippen LogP contribution is 2.12. The van der Waals surface area contributed by atoms with E-state index in [4.69, 9.17) is 4.74 Å². The number of hydrogen-bond donors (Lipinski definition) is 1. The Bertz CT molecular complexity index is 716. The van der Waals surface area contributed by atoms with E-state index in [0.29, 0.717) is 11.4 Å². The Hall–Kier alpha value is -2.89. The van der Waals surface area contributed by atoms with Gasteiger partial charge in [0.25, 0.3) is 0 Å². The van der Waals surface area contributed by atoms with E-state index in [0.717, 1.165) is 5.56 Å². The predicted molar refractivity (Wildman–Crippen MR) is 89.4 cm³/mol. The number of hydrogen-bond acceptors (Lipinski definition) is 3. The minimum Gasteiger partial charge on any atom is -0.497 e. The maximum Gasteiger partial charge on any atom is 0.243 e. The summed E-state index contributed by atoms with van der Waals surface area (Å²) in [5.41, 5.74) is 1.19. The summed E-state index contributed by atoms with van der Waals surface area (Å²) in [5, 5.41) is 2.56. The molecule has 24 heavy (non-hydrogen) atoms. The minimum atomic E-state index is -0.434. The van der Waals surface area contributed by atoms with Crippen molar-refractivity contribution >= 4 is 17.5 Å². The number of carbonyl (C=O) groups is 2. The Morgan fingerprint density at radius 1 is 1.17 bits per heavy atom. The van der Waals surface area contributed by atoms with E-state index in [9.17, 15) is 14.0 Å². The fourth-order valence-electron chi connectivity index (χ4n) is 2.12. The number of methoxy groups -OCH3 is 1. The summed E-state index contributed by atoms with van der Waals surface area (Å²) in [5.74, 6) is -0.286. The van der Waals surface area contributed by atoms with Crippen LogP contribution in [-0.4, -0.2) is 37.4 Å². The van der Waals surface area contributed by atoms with Gasteiger partial charge in [0.2, 0.25) is 11.8 Å². The van der Waals surface area contributed by atoms with Crippen molar-refractivity contribution in [1.82, 2.24) is 4.90 Å². The average Bonchev–Trinajstić information content (AvgIpc) is 2.55. The molecule has 0 aliphatic heterocycles. The van der Waals surface area contributed by atoms with Crippen LogP contribution in [-0.2, 0) is 16.0 Å². The van der Waals surface area contributed by atoms with Crippen molar-refractivity contribution in [3.05, 3.63) is 59.9 Å². The van der Waals surface area contributed by atoms with E-state index >= 15 is 0 Å². The Morgan fingerprint density at radius 2 is 1.88 bits per heavy atom. The van der Waals surface area contributed by atoms with Gasteiger partial charge in [-0.3, -0.25) is 9.59 Å². The second kappa shape index (κ2) is 8.10. The van der Waals surface area contributed by atoms with Crippen LogP contribution in [0.4, 0.5) is 10.1 Å². The molecule has 126 valence electrons. The molecule has 0 radical (unpaired) electrons. The molecule has 0 saturated heterocycles. The third-order valence-electron chi connectivity index (χ3n) is 3.43. The highest BCUT2D eigenvalue weighted by atomic mass is 19.1. The van der Waals surface area contributed by atoms with E-state index in [-0.39, 0.29) is 24.8 Å². The molecule has 1 N–H and O–H groups in total. The van der Waals surface area contributed by atoms with Crippen LogP contribution in [0.2, 0.25) is 0 Å². The highest BCUT2D eigenvalue weighted by Gasteiger charge is 2.14. The number of nitrogens with one attached hydrogen (secondary N) is 1. The van der Waals surface area contributed by atoms with Crippen molar-refractivity contribution in [3.8, 4) is 5.75 Å². The van der Waals surface area contributed by atoms with Crippen LogP contribution in [0.25, 0.3) is 0 Å². The van der Waals surface area contributed by atoms with Crippen LogP contribution in [0.5, 0.6) is 5.75 Å². The van der Waals surface area contributed by atoms with Crippen molar-refractivity contribution in [2.45, 2.75) is 6.42 Å². The molecule has 2 rings (SSSR count). The van der Waals surface area contributed by atoms with Crippen molar-refractivity contribution in [2.75, 3.05) is 26.0 Å². The number of carbonyl (C=O) groups excluding carboxylic acids is 2. The fraction of sp³-hybridized carbons (Fsp3) is 0.222. The molecule has 0 heterocycles. The van der Waals surface area contributed by atoms with Gasteiger partial charge in [0, 0.05) is 12.7 Å². The maximum absolute atomic E-state index is 13.1. The third kappa shape index (κ3) is 5.08. The number of nitrogens with zero attached hydrogens (tertiary/aromatic N) is 1. The fourth-order valence-corrected chi connectivity index (χ4v) is 2.12. The summed E-state index contributed by atoms with van der Waals surface area (Å²) < 4.78 is 18.1. The molecule has 0 bridgehead atoms. The summed E-state index contributed by atoms with van der Waals surface area (Å²) in [6.45, 7) is -0.106. The lowest BCUT2D eigenvalue weighted by Crippen LogP contribution is -2.35. The molecule has 0 unspecified atom stereocenters. The molecular weight excluding hydrogens is 311 g/mol. The molecule has 0 aromatic heterocycles. The van der Waals surface area contributed by atoms with Gasteiger partial charge in [-0.1, -0.05) is 18.2 Å². The van der Waals surface area contributed by atoms with Gasteiger partial charge >= 0.3 is 0 Å². The van der Waals surface area contributed by atoms with Gasteiger partial charge in [-0.15, -0.1) is 0 Å². The first-order valence-electron chi connectivity index (χ1n) is 7.40. The molecular formula is C18H19FN2O3.